The van der Waals surface area contributed by atoms with Crippen molar-refractivity contribution in [1.82, 2.24) is 0 Å². The lowest BCUT2D eigenvalue weighted by molar-refractivity contribution is 0.414. The van der Waals surface area contributed by atoms with Gasteiger partial charge in [0, 0.05) is 11.1 Å². The number of sulfone groups is 1. The van der Waals surface area contributed by atoms with Gasteiger partial charge < -0.3 is 9.47 Å². The summed E-state index contributed by atoms with van der Waals surface area (Å²) >= 11 is 0. The van der Waals surface area contributed by atoms with Gasteiger partial charge >= 0.3 is 0 Å². The summed E-state index contributed by atoms with van der Waals surface area (Å²) in [5, 5.41) is -2.80. The number of hydrogen-bond acceptors (Lipinski definition) is 4. The highest BCUT2D eigenvalue weighted by molar-refractivity contribution is 7.92. The minimum Gasteiger partial charge on any atom is -0.497 e. The zero-order chi connectivity index (χ0) is 25.0. The van der Waals surface area contributed by atoms with Crippen molar-refractivity contribution < 1.29 is 26.7 Å². The molecule has 0 aliphatic rings. The molecule has 4 rings (SSSR count). The van der Waals surface area contributed by atoms with Crippen LogP contribution in [-0.2, 0) is 9.84 Å². The van der Waals surface area contributed by atoms with Crippen LogP contribution in [-0.4, -0.2) is 22.6 Å². The summed E-state index contributed by atoms with van der Waals surface area (Å²) in [7, 11) is -1.33. The third-order valence-electron chi connectivity index (χ3n) is 5.87. The van der Waals surface area contributed by atoms with Crippen LogP contribution in [0.1, 0.15) is 32.8 Å². The minimum atomic E-state index is -4.32. The second kappa shape index (κ2) is 10.3. The number of ether oxygens (including phenoxy) is 2. The predicted molar refractivity (Wildman–Crippen MR) is 131 cm³/mol. The molecule has 4 nitrogen and oxygen atoms in total. The Morgan fingerprint density at radius 2 is 0.914 bits per heavy atom. The Balaban J connectivity index is 1.98. The smallest absolute Gasteiger partial charge is 0.172 e. The van der Waals surface area contributed by atoms with Gasteiger partial charge in [0.2, 0.25) is 0 Å². The summed E-state index contributed by atoms with van der Waals surface area (Å²) < 4.78 is 69.4. The molecule has 2 unspecified atom stereocenters. The van der Waals surface area contributed by atoms with Crippen LogP contribution in [0.15, 0.2) is 97.1 Å². The largest absolute Gasteiger partial charge is 0.497 e. The van der Waals surface area contributed by atoms with Gasteiger partial charge in [-0.25, -0.2) is 17.2 Å². The Bertz CT molecular complexity index is 1300. The van der Waals surface area contributed by atoms with Crippen LogP contribution in [0.5, 0.6) is 11.5 Å². The summed E-state index contributed by atoms with van der Waals surface area (Å²) in [5.74, 6) is -0.281. The van der Waals surface area contributed by atoms with E-state index in [0.29, 0.717) is 22.6 Å². The lowest BCUT2D eigenvalue weighted by atomic mass is 10.0. The SMILES string of the molecule is COc1ccc(C(c2ccccc2F)S(=O)(=O)C(c2ccc(OC)cc2)c2ccccc2F)cc1. The van der Waals surface area contributed by atoms with E-state index in [-0.39, 0.29) is 11.1 Å². The highest BCUT2D eigenvalue weighted by atomic mass is 32.2. The quantitative estimate of drug-likeness (QED) is 0.290. The standard InChI is InChI=1S/C28H24F2O4S/c1-33-21-15-11-19(12-16-21)27(23-7-3-5-9-25(23)29)35(31,32)28(24-8-4-6-10-26(24)30)20-13-17-22(34-2)18-14-20/h3-18,27-28H,1-2H3. The van der Waals surface area contributed by atoms with Crippen LogP contribution in [0.3, 0.4) is 0 Å². The molecule has 0 bridgehead atoms. The van der Waals surface area contributed by atoms with Crippen molar-refractivity contribution in [3.05, 3.63) is 131 Å². The van der Waals surface area contributed by atoms with Gasteiger partial charge in [-0.15, -0.1) is 0 Å². The van der Waals surface area contributed by atoms with E-state index in [1.54, 1.807) is 60.7 Å². The number of benzene rings is 4. The lowest BCUT2D eigenvalue weighted by Crippen LogP contribution is -2.24. The molecule has 35 heavy (non-hydrogen) atoms. The molecular formula is C28H24F2O4S. The Morgan fingerprint density at radius 3 is 1.23 bits per heavy atom. The zero-order valence-electron chi connectivity index (χ0n) is 19.2. The van der Waals surface area contributed by atoms with Crippen molar-refractivity contribution in [2.45, 2.75) is 10.5 Å². The van der Waals surface area contributed by atoms with Crippen molar-refractivity contribution in [3.8, 4) is 11.5 Å². The van der Waals surface area contributed by atoms with Crippen LogP contribution in [0.2, 0.25) is 0 Å². The fourth-order valence-electron chi connectivity index (χ4n) is 4.16. The first-order valence-corrected chi connectivity index (χ1v) is 12.5. The summed E-state index contributed by atoms with van der Waals surface area (Å²) in [4.78, 5) is 0. The Morgan fingerprint density at radius 1 is 0.571 bits per heavy atom. The molecule has 0 saturated carbocycles. The van der Waals surface area contributed by atoms with E-state index in [0.717, 1.165) is 0 Å². The molecule has 0 amide bonds. The first kappa shape index (κ1) is 24.4. The van der Waals surface area contributed by atoms with Gasteiger partial charge in [0.15, 0.2) is 9.84 Å². The summed E-state index contributed by atoms with van der Waals surface area (Å²) in [6.45, 7) is 0. The molecule has 2 atom stereocenters. The van der Waals surface area contributed by atoms with E-state index >= 15 is 8.78 Å². The van der Waals surface area contributed by atoms with Crippen molar-refractivity contribution >= 4 is 9.84 Å². The Hall–Kier alpha value is -3.71. The maximum absolute atomic E-state index is 15.1. The van der Waals surface area contributed by atoms with E-state index in [2.05, 4.69) is 0 Å². The normalized spacial score (nSPS) is 13.1. The third kappa shape index (κ3) is 4.91. The van der Waals surface area contributed by atoms with Gasteiger partial charge in [-0.05, 0) is 47.5 Å². The molecule has 0 fully saturated rings. The molecule has 4 aromatic carbocycles. The van der Waals surface area contributed by atoms with Gasteiger partial charge in [0.1, 0.15) is 33.6 Å². The van der Waals surface area contributed by atoms with Gasteiger partial charge in [-0.1, -0.05) is 60.7 Å². The molecule has 0 N–H and O–H groups in total. The fraction of sp³-hybridized carbons (Fsp3) is 0.143. The molecule has 0 aliphatic carbocycles. The predicted octanol–water partition coefficient (Wildman–Crippen LogP) is 6.28. The van der Waals surface area contributed by atoms with Crippen LogP contribution >= 0.6 is 0 Å². The van der Waals surface area contributed by atoms with Gasteiger partial charge in [0.05, 0.1) is 14.2 Å². The van der Waals surface area contributed by atoms with E-state index in [1.165, 1.54) is 50.6 Å². The number of methoxy groups -OCH3 is 2. The molecule has 180 valence electrons. The highest BCUT2D eigenvalue weighted by Gasteiger charge is 2.40. The maximum atomic E-state index is 15.1. The zero-order valence-corrected chi connectivity index (χ0v) is 20.0. The van der Waals surface area contributed by atoms with Crippen LogP contribution in [0, 0.1) is 11.6 Å². The molecular weight excluding hydrogens is 470 g/mol. The topological polar surface area (TPSA) is 52.6 Å². The Labute approximate surface area is 203 Å². The maximum Gasteiger partial charge on any atom is 0.172 e. The second-order valence-electron chi connectivity index (χ2n) is 7.94. The van der Waals surface area contributed by atoms with Gasteiger partial charge in [-0.2, -0.15) is 0 Å². The van der Waals surface area contributed by atoms with Crippen molar-refractivity contribution in [3.63, 3.8) is 0 Å². The average Bonchev–Trinajstić information content (AvgIpc) is 2.87. The molecule has 4 aromatic rings. The first-order valence-electron chi connectivity index (χ1n) is 10.9. The average molecular weight is 495 g/mol. The van der Waals surface area contributed by atoms with Crippen LogP contribution < -0.4 is 9.47 Å². The van der Waals surface area contributed by atoms with Crippen molar-refractivity contribution in [2.75, 3.05) is 14.2 Å². The monoisotopic (exact) mass is 494 g/mol. The molecule has 0 heterocycles. The highest BCUT2D eigenvalue weighted by Crippen LogP contribution is 2.44. The minimum absolute atomic E-state index is 0.0208. The summed E-state index contributed by atoms with van der Waals surface area (Å²) in [6.07, 6.45) is 0. The molecule has 0 aliphatic heterocycles. The van der Waals surface area contributed by atoms with E-state index in [9.17, 15) is 8.42 Å². The van der Waals surface area contributed by atoms with Crippen LogP contribution in [0.4, 0.5) is 8.78 Å². The first-order chi connectivity index (χ1) is 16.9. The third-order valence-corrected chi connectivity index (χ3v) is 8.24. The van der Waals surface area contributed by atoms with Crippen LogP contribution in [0.25, 0.3) is 0 Å². The molecule has 0 spiro atoms. The van der Waals surface area contributed by atoms with E-state index < -0.39 is 32.0 Å². The lowest BCUT2D eigenvalue weighted by Gasteiger charge is -2.27. The summed E-state index contributed by atoms with van der Waals surface area (Å²) in [6, 6.07) is 24.2. The Kier molecular flexibility index (Phi) is 7.17. The molecule has 0 aromatic heterocycles. The number of rotatable bonds is 8. The molecule has 7 heteroatoms. The number of halogens is 2. The molecule has 0 radical (unpaired) electrons. The second-order valence-corrected chi connectivity index (χ2v) is 10.1. The fourth-order valence-corrected chi connectivity index (χ4v) is 6.60. The van der Waals surface area contributed by atoms with Gasteiger partial charge in [-0.3, -0.25) is 0 Å². The molecule has 0 saturated heterocycles. The summed E-state index contributed by atoms with van der Waals surface area (Å²) in [5.41, 5.74) is 0.636. The van der Waals surface area contributed by atoms with Gasteiger partial charge in [0.25, 0.3) is 0 Å². The van der Waals surface area contributed by atoms with E-state index in [1.807, 2.05) is 0 Å². The van der Waals surface area contributed by atoms with E-state index in [4.69, 9.17) is 9.47 Å². The number of hydrogen-bond donors (Lipinski definition) is 0. The van der Waals surface area contributed by atoms with Crippen molar-refractivity contribution in [2.24, 2.45) is 0 Å². The van der Waals surface area contributed by atoms with Crippen molar-refractivity contribution in [1.29, 1.82) is 0 Å².